The molecule has 1 atom stereocenters. The van der Waals surface area contributed by atoms with E-state index < -0.39 is 0 Å². The first-order chi connectivity index (χ1) is 6.24. The summed E-state index contributed by atoms with van der Waals surface area (Å²) in [7, 11) is 0. The number of carbonyl (C=O) groups excluding carboxylic acids is 1. The Kier molecular flexibility index (Phi) is 3.83. The standard InChI is InChI=1S/C10H13NOS/c1-8(11-10(12)7-13)9-5-3-2-4-6-9/h2-6,8,13H,7H2,1H3,(H,11,12). The first-order valence-electron chi connectivity index (χ1n) is 4.19. The Morgan fingerprint density at radius 1 is 1.46 bits per heavy atom. The second kappa shape index (κ2) is 4.92. The van der Waals surface area contributed by atoms with Crippen molar-refractivity contribution in [3.05, 3.63) is 35.9 Å². The van der Waals surface area contributed by atoms with Crippen LogP contribution in [0.4, 0.5) is 0 Å². The molecule has 13 heavy (non-hydrogen) atoms. The summed E-state index contributed by atoms with van der Waals surface area (Å²) in [6.45, 7) is 1.96. The zero-order chi connectivity index (χ0) is 9.68. The van der Waals surface area contributed by atoms with Crippen LogP contribution < -0.4 is 5.32 Å². The molecule has 0 aliphatic heterocycles. The number of thiol groups is 1. The third kappa shape index (κ3) is 3.11. The first-order valence-corrected chi connectivity index (χ1v) is 4.82. The summed E-state index contributed by atoms with van der Waals surface area (Å²) < 4.78 is 0. The Hall–Kier alpha value is -0.960. The Bertz CT molecular complexity index is 274. The lowest BCUT2D eigenvalue weighted by atomic mass is 10.1. The molecule has 1 aromatic carbocycles. The molecule has 1 amide bonds. The SMILES string of the molecule is CC(NC(=O)CS)c1ccccc1. The molecule has 1 aromatic rings. The zero-order valence-corrected chi connectivity index (χ0v) is 8.42. The van der Waals surface area contributed by atoms with Crippen LogP contribution in [-0.4, -0.2) is 11.7 Å². The smallest absolute Gasteiger partial charge is 0.230 e. The molecule has 0 aliphatic carbocycles. The number of amides is 1. The second-order valence-electron chi connectivity index (χ2n) is 2.86. The van der Waals surface area contributed by atoms with Crippen molar-refractivity contribution in [3.63, 3.8) is 0 Å². The van der Waals surface area contributed by atoms with E-state index in [1.165, 1.54) is 0 Å². The minimum absolute atomic E-state index is 0.0420. The molecule has 1 N–H and O–H groups in total. The van der Waals surface area contributed by atoms with Gasteiger partial charge in [-0.05, 0) is 12.5 Å². The maximum atomic E-state index is 11.0. The van der Waals surface area contributed by atoms with Gasteiger partial charge >= 0.3 is 0 Å². The average molecular weight is 195 g/mol. The number of hydrogen-bond acceptors (Lipinski definition) is 2. The van der Waals surface area contributed by atoms with Crippen molar-refractivity contribution < 1.29 is 4.79 Å². The van der Waals surface area contributed by atoms with Gasteiger partial charge in [0.2, 0.25) is 5.91 Å². The van der Waals surface area contributed by atoms with Gasteiger partial charge in [-0.25, -0.2) is 0 Å². The van der Waals surface area contributed by atoms with Gasteiger partial charge in [0.1, 0.15) is 0 Å². The normalized spacial score (nSPS) is 12.2. The topological polar surface area (TPSA) is 29.1 Å². The van der Waals surface area contributed by atoms with Crippen LogP contribution in [0.2, 0.25) is 0 Å². The van der Waals surface area contributed by atoms with Gasteiger partial charge in [0.15, 0.2) is 0 Å². The second-order valence-corrected chi connectivity index (χ2v) is 3.17. The summed E-state index contributed by atoms with van der Waals surface area (Å²) in [5.41, 5.74) is 1.11. The lowest BCUT2D eigenvalue weighted by molar-refractivity contribution is -0.119. The van der Waals surface area contributed by atoms with E-state index in [9.17, 15) is 4.79 Å². The fourth-order valence-corrected chi connectivity index (χ4v) is 1.20. The van der Waals surface area contributed by atoms with E-state index in [-0.39, 0.29) is 17.7 Å². The molecule has 70 valence electrons. The zero-order valence-electron chi connectivity index (χ0n) is 7.53. The van der Waals surface area contributed by atoms with Crippen LogP contribution in [0.15, 0.2) is 30.3 Å². The predicted molar refractivity (Wildman–Crippen MR) is 56.9 cm³/mol. The highest BCUT2D eigenvalue weighted by Crippen LogP contribution is 2.10. The van der Waals surface area contributed by atoms with E-state index >= 15 is 0 Å². The Morgan fingerprint density at radius 3 is 2.62 bits per heavy atom. The van der Waals surface area contributed by atoms with Crippen molar-refractivity contribution in [1.82, 2.24) is 5.32 Å². The van der Waals surface area contributed by atoms with Crippen molar-refractivity contribution >= 4 is 18.5 Å². The van der Waals surface area contributed by atoms with Gasteiger partial charge in [0, 0.05) is 0 Å². The van der Waals surface area contributed by atoms with Gasteiger partial charge in [0.25, 0.3) is 0 Å². The van der Waals surface area contributed by atoms with Gasteiger partial charge in [-0.2, -0.15) is 12.6 Å². The van der Waals surface area contributed by atoms with Crippen molar-refractivity contribution in [2.75, 3.05) is 5.75 Å². The average Bonchev–Trinajstić information content (AvgIpc) is 2.19. The molecule has 0 heterocycles. The van der Waals surface area contributed by atoms with E-state index in [0.29, 0.717) is 0 Å². The Balaban J connectivity index is 2.59. The Labute approximate surface area is 83.8 Å². The molecule has 0 fully saturated rings. The maximum Gasteiger partial charge on any atom is 0.230 e. The van der Waals surface area contributed by atoms with Gasteiger partial charge < -0.3 is 5.32 Å². The molecular formula is C10H13NOS. The number of benzene rings is 1. The molecular weight excluding hydrogens is 182 g/mol. The van der Waals surface area contributed by atoms with Crippen LogP contribution in [-0.2, 0) is 4.79 Å². The Morgan fingerprint density at radius 2 is 2.08 bits per heavy atom. The number of nitrogens with one attached hydrogen (secondary N) is 1. The summed E-state index contributed by atoms with van der Waals surface area (Å²) in [6.07, 6.45) is 0. The van der Waals surface area contributed by atoms with Gasteiger partial charge in [0.05, 0.1) is 11.8 Å². The van der Waals surface area contributed by atoms with Gasteiger partial charge in [-0.15, -0.1) is 0 Å². The molecule has 2 nitrogen and oxygen atoms in total. The molecule has 1 unspecified atom stereocenters. The third-order valence-corrected chi connectivity index (χ3v) is 2.11. The molecule has 0 bridgehead atoms. The minimum Gasteiger partial charge on any atom is -0.349 e. The summed E-state index contributed by atoms with van der Waals surface area (Å²) >= 11 is 3.89. The lowest BCUT2D eigenvalue weighted by Gasteiger charge is -2.12. The van der Waals surface area contributed by atoms with E-state index in [2.05, 4.69) is 17.9 Å². The van der Waals surface area contributed by atoms with Crippen LogP contribution in [0.25, 0.3) is 0 Å². The highest BCUT2D eigenvalue weighted by molar-refractivity contribution is 7.81. The molecule has 0 aliphatic rings. The van der Waals surface area contributed by atoms with Crippen molar-refractivity contribution in [3.8, 4) is 0 Å². The van der Waals surface area contributed by atoms with E-state index in [1.807, 2.05) is 37.3 Å². The highest BCUT2D eigenvalue weighted by atomic mass is 32.1. The van der Waals surface area contributed by atoms with Crippen LogP contribution in [0.3, 0.4) is 0 Å². The molecule has 0 spiro atoms. The van der Waals surface area contributed by atoms with Crippen LogP contribution in [0, 0.1) is 0 Å². The molecule has 3 heteroatoms. The molecule has 0 aromatic heterocycles. The summed E-state index contributed by atoms with van der Waals surface area (Å²) in [5.74, 6) is 0.191. The first kappa shape index (κ1) is 10.1. The molecule has 0 radical (unpaired) electrons. The summed E-state index contributed by atoms with van der Waals surface area (Å²) in [5, 5.41) is 2.83. The molecule has 1 rings (SSSR count). The number of hydrogen-bond donors (Lipinski definition) is 2. The quantitative estimate of drug-likeness (QED) is 0.707. The van der Waals surface area contributed by atoms with Crippen LogP contribution in [0.5, 0.6) is 0 Å². The fraction of sp³-hybridized carbons (Fsp3) is 0.300. The highest BCUT2D eigenvalue weighted by Gasteiger charge is 2.06. The van der Waals surface area contributed by atoms with Crippen molar-refractivity contribution in [2.45, 2.75) is 13.0 Å². The van der Waals surface area contributed by atoms with Crippen molar-refractivity contribution in [2.24, 2.45) is 0 Å². The third-order valence-electron chi connectivity index (χ3n) is 1.82. The van der Waals surface area contributed by atoms with Crippen LogP contribution >= 0.6 is 12.6 Å². The van der Waals surface area contributed by atoms with E-state index in [1.54, 1.807) is 0 Å². The van der Waals surface area contributed by atoms with E-state index in [0.717, 1.165) is 5.56 Å². The van der Waals surface area contributed by atoms with E-state index in [4.69, 9.17) is 0 Å². The van der Waals surface area contributed by atoms with Gasteiger partial charge in [-0.3, -0.25) is 4.79 Å². The number of rotatable bonds is 3. The van der Waals surface area contributed by atoms with Crippen LogP contribution in [0.1, 0.15) is 18.5 Å². The molecule has 0 saturated heterocycles. The minimum atomic E-state index is -0.0420. The summed E-state index contributed by atoms with van der Waals surface area (Å²) in [4.78, 5) is 11.0. The fourth-order valence-electron chi connectivity index (χ4n) is 1.11. The number of carbonyl (C=O) groups is 1. The van der Waals surface area contributed by atoms with Crippen molar-refractivity contribution in [1.29, 1.82) is 0 Å². The maximum absolute atomic E-state index is 11.0. The summed E-state index contributed by atoms with van der Waals surface area (Å²) in [6, 6.07) is 9.90. The monoisotopic (exact) mass is 195 g/mol. The van der Waals surface area contributed by atoms with Gasteiger partial charge in [-0.1, -0.05) is 30.3 Å². The lowest BCUT2D eigenvalue weighted by Crippen LogP contribution is -2.27. The predicted octanol–water partition coefficient (Wildman–Crippen LogP) is 1.79. The largest absolute Gasteiger partial charge is 0.349 e. The molecule has 0 saturated carbocycles.